The number of halogens is 4. The summed E-state index contributed by atoms with van der Waals surface area (Å²) < 4.78 is 41.0. The fourth-order valence-corrected chi connectivity index (χ4v) is 2.36. The van der Waals surface area contributed by atoms with Crippen molar-refractivity contribution in [2.75, 3.05) is 7.05 Å². The zero-order valence-electron chi connectivity index (χ0n) is 10.1. The van der Waals surface area contributed by atoms with Gasteiger partial charge in [0.05, 0.1) is 6.04 Å². The van der Waals surface area contributed by atoms with Gasteiger partial charge in [-0.3, -0.25) is 0 Å². The maximum atomic E-state index is 13.8. The van der Waals surface area contributed by atoms with E-state index in [1.807, 2.05) is 0 Å². The lowest BCUT2D eigenvalue weighted by Gasteiger charge is -2.18. The molecule has 0 saturated carbocycles. The molecule has 0 fully saturated rings. The quantitative estimate of drug-likeness (QED) is 0.890. The van der Waals surface area contributed by atoms with Crippen LogP contribution in [0, 0.1) is 17.5 Å². The molecular weight excluding hydrogens is 319 g/mol. The van der Waals surface area contributed by atoms with E-state index < -0.39 is 23.5 Å². The van der Waals surface area contributed by atoms with Crippen molar-refractivity contribution in [2.24, 2.45) is 0 Å². The van der Waals surface area contributed by atoms with Gasteiger partial charge in [0.15, 0.2) is 0 Å². The molecule has 2 rings (SSSR count). The first kappa shape index (κ1) is 14.1. The standard InChI is InChI=1S/C14H11BrF3N/c1-19-14(8-4-10(16)7-11(17)5-8)12-6-9(15)2-3-13(12)18/h2-7,14,19H,1H3. The van der Waals surface area contributed by atoms with Crippen LogP contribution in [0.3, 0.4) is 0 Å². The third-order valence-corrected chi connectivity index (χ3v) is 3.27. The second kappa shape index (κ2) is 5.75. The topological polar surface area (TPSA) is 12.0 Å². The van der Waals surface area contributed by atoms with E-state index in [1.54, 1.807) is 19.2 Å². The summed E-state index contributed by atoms with van der Waals surface area (Å²) in [5, 5.41) is 2.86. The first-order valence-electron chi connectivity index (χ1n) is 5.59. The molecular formula is C14H11BrF3N. The van der Waals surface area contributed by atoms with Gasteiger partial charge < -0.3 is 5.32 Å². The Hall–Kier alpha value is -1.33. The van der Waals surface area contributed by atoms with Crippen LogP contribution in [0.15, 0.2) is 40.9 Å². The van der Waals surface area contributed by atoms with E-state index >= 15 is 0 Å². The second-order valence-corrected chi connectivity index (χ2v) is 5.01. The molecule has 1 nitrogen and oxygen atoms in total. The van der Waals surface area contributed by atoms with E-state index in [0.29, 0.717) is 15.6 Å². The van der Waals surface area contributed by atoms with Crippen molar-refractivity contribution in [2.45, 2.75) is 6.04 Å². The van der Waals surface area contributed by atoms with Crippen molar-refractivity contribution in [3.05, 3.63) is 69.4 Å². The predicted octanol–water partition coefficient (Wildman–Crippen LogP) is 4.18. The van der Waals surface area contributed by atoms with E-state index in [1.165, 1.54) is 18.2 Å². The lowest BCUT2D eigenvalue weighted by atomic mass is 9.98. The number of nitrogens with one attached hydrogen (secondary N) is 1. The Labute approximate surface area is 117 Å². The number of rotatable bonds is 3. The minimum Gasteiger partial charge on any atom is -0.309 e. The molecule has 1 unspecified atom stereocenters. The summed E-state index contributed by atoms with van der Waals surface area (Å²) in [6.45, 7) is 0. The molecule has 19 heavy (non-hydrogen) atoms. The molecule has 5 heteroatoms. The Morgan fingerprint density at radius 3 is 2.21 bits per heavy atom. The van der Waals surface area contributed by atoms with Gasteiger partial charge in [0.2, 0.25) is 0 Å². The van der Waals surface area contributed by atoms with Gasteiger partial charge in [-0.25, -0.2) is 13.2 Å². The van der Waals surface area contributed by atoms with E-state index in [9.17, 15) is 13.2 Å². The zero-order chi connectivity index (χ0) is 14.0. The first-order chi connectivity index (χ1) is 9.01. The summed E-state index contributed by atoms with van der Waals surface area (Å²) >= 11 is 3.25. The van der Waals surface area contributed by atoms with Crippen LogP contribution in [-0.2, 0) is 0 Å². The molecule has 0 aromatic heterocycles. The summed E-state index contributed by atoms with van der Waals surface area (Å²) in [5.74, 6) is -1.82. The number of benzene rings is 2. The maximum absolute atomic E-state index is 13.8. The molecule has 0 aliphatic rings. The molecule has 0 aliphatic heterocycles. The van der Waals surface area contributed by atoms with Crippen molar-refractivity contribution in [1.29, 1.82) is 0 Å². The molecule has 1 atom stereocenters. The van der Waals surface area contributed by atoms with Crippen molar-refractivity contribution >= 4 is 15.9 Å². The third kappa shape index (κ3) is 3.16. The molecule has 1 N–H and O–H groups in total. The van der Waals surface area contributed by atoms with Crippen molar-refractivity contribution < 1.29 is 13.2 Å². The summed E-state index contributed by atoms with van der Waals surface area (Å²) in [6.07, 6.45) is 0. The fourth-order valence-electron chi connectivity index (χ4n) is 1.98. The highest BCUT2D eigenvalue weighted by atomic mass is 79.9. The SMILES string of the molecule is CNC(c1cc(F)cc(F)c1)c1cc(Br)ccc1F. The van der Waals surface area contributed by atoms with Gasteiger partial charge in [0.1, 0.15) is 17.5 Å². The minimum atomic E-state index is -0.689. The van der Waals surface area contributed by atoms with Gasteiger partial charge in [-0.2, -0.15) is 0 Å². The highest BCUT2D eigenvalue weighted by molar-refractivity contribution is 9.10. The lowest BCUT2D eigenvalue weighted by Crippen LogP contribution is -2.19. The zero-order valence-corrected chi connectivity index (χ0v) is 11.6. The Balaban J connectivity index is 2.52. The van der Waals surface area contributed by atoms with E-state index in [-0.39, 0.29) is 0 Å². The molecule has 2 aromatic carbocycles. The first-order valence-corrected chi connectivity index (χ1v) is 6.39. The molecule has 0 bridgehead atoms. The largest absolute Gasteiger partial charge is 0.309 e. The molecule has 0 radical (unpaired) electrons. The predicted molar refractivity (Wildman–Crippen MR) is 71.4 cm³/mol. The molecule has 0 spiro atoms. The molecule has 0 saturated heterocycles. The number of hydrogen-bond donors (Lipinski definition) is 1. The van der Waals surface area contributed by atoms with Crippen molar-refractivity contribution in [1.82, 2.24) is 5.32 Å². The van der Waals surface area contributed by atoms with Gasteiger partial charge in [-0.15, -0.1) is 0 Å². The average Bonchev–Trinajstić information content (AvgIpc) is 2.33. The highest BCUT2D eigenvalue weighted by Gasteiger charge is 2.18. The average molecular weight is 330 g/mol. The van der Waals surface area contributed by atoms with Crippen LogP contribution in [0.4, 0.5) is 13.2 Å². The Morgan fingerprint density at radius 2 is 1.63 bits per heavy atom. The van der Waals surface area contributed by atoms with Crippen LogP contribution in [-0.4, -0.2) is 7.05 Å². The van der Waals surface area contributed by atoms with Gasteiger partial charge in [0.25, 0.3) is 0 Å². The number of hydrogen-bond acceptors (Lipinski definition) is 1. The van der Waals surface area contributed by atoms with Crippen LogP contribution in [0.1, 0.15) is 17.2 Å². The Kier molecular flexibility index (Phi) is 4.27. The molecule has 0 amide bonds. The smallest absolute Gasteiger partial charge is 0.128 e. The van der Waals surface area contributed by atoms with Crippen LogP contribution in [0.5, 0.6) is 0 Å². The maximum Gasteiger partial charge on any atom is 0.128 e. The van der Waals surface area contributed by atoms with E-state index in [0.717, 1.165) is 6.07 Å². The third-order valence-electron chi connectivity index (χ3n) is 2.78. The lowest BCUT2D eigenvalue weighted by molar-refractivity contribution is 0.556. The second-order valence-electron chi connectivity index (χ2n) is 4.09. The van der Waals surface area contributed by atoms with Crippen LogP contribution in [0.25, 0.3) is 0 Å². The van der Waals surface area contributed by atoms with Crippen LogP contribution < -0.4 is 5.32 Å². The van der Waals surface area contributed by atoms with E-state index in [2.05, 4.69) is 21.2 Å². The Bertz CT molecular complexity index is 581. The van der Waals surface area contributed by atoms with Gasteiger partial charge >= 0.3 is 0 Å². The fraction of sp³-hybridized carbons (Fsp3) is 0.143. The van der Waals surface area contributed by atoms with Gasteiger partial charge in [-0.1, -0.05) is 15.9 Å². The van der Waals surface area contributed by atoms with Crippen molar-refractivity contribution in [3.8, 4) is 0 Å². The summed E-state index contributed by atoms with van der Waals surface area (Å²) in [6, 6.07) is 6.99. The monoisotopic (exact) mass is 329 g/mol. The highest BCUT2D eigenvalue weighted by Crippen LogP contribution is 2.27. The molecule has 100 valence electrons. The van der Waals surface area contributed by atoms with Gasteiger partial charge in [-0.05, 0) is 42.9 Å². The molecule has 2 aromatic rings. The summed E-state index contributed by atoms with van der Waals surface area (Å²) in [7, 11) is 1.60. The van der Waals surface area contributed by atoms with E-state index in [4.69, 9.17) is 0 Å². The summed E-state index contributed by atoms with van der Waals surface area (Å²) in [5.41, 5.74) is 0.652. The minimum absolute atomic E-state index is 0.321. The molecule has 0 heterocycles. The summed E-state index contributed by atoms with van der Waals surface area (Å²) in [4.78, 5) is 0. The van der Waals surface area contributed by atoms with Crippen LogP contribution >= 0.6 is 15.9 Å². The van der Waals surface area contributed by atoms with Crippen LogP contribution in [0.2, 0.25) is 0 Å². The Morgan fingerprint density at radius 1 is 1.00 bits per heavy atom. The molecule has 0 aliphatic carbocycles. The van der Waals surface area contributed by atoms with Gasteiger partial charge in [0, 0.05) is 16.1 Å². The normalized spacial score (nSPS) is 12.5. The van der Waals surface area contributed by atoms with Crippen molar-refractivity contribution in [3.63, 3.8) is 0 Å².